The number of hydrogen-bond donors (Lipinski definition) is 1. The number of nitrogens with two attached hydrogens (primary N) is 1. The van der Waals surface area contributed by atoms with Crippen molar-refractivity contribution in [1.82, 2.24) is 0 Å². The highest BCUT2D eigenvalue weighted by atomic mass is 16.6. The Morgan fingerprint density at radius 1 is 0.808 bits per heavy atom. The van der Waals surface area contributed by atoms with Crippen LogP contribution in [0.1, 0.15) is 11.1 Å². The Morgan fingerprint density at radius 2 is 1.62 bits per heavy atom. The lowest BCUT2D eigenvalue weighted by atomic mass is 10.0. The largest absolute Gasteiger partial charge is 0.488 e. The Hall–Kier alpha value is -2.98. The zero-order valence-electron chi connectivity index (χ0n) is 14.5. The molecule has 3 aromatic carbocycles. The van der Waals surface area contributed by atoms with Crippen molar-refractivity contribution < 1.29 is 14.2 Å². The fraction of sp³-hybridized carbons (Fsp3) is 0.182. The van der Waals surface area contributed by atoms with Crippen molar-refractivity contribution in [2.24, 2.45) is 5.73 Å². The van der Waals surface area contributed by atoms with Gasteiger partial charge in [-0.1, -0.05) is 42.5 Å². The van der Waals surface area contributed by atoms with Crippen LogP contribution in [0.3, 0.4) is 0 Å². The highest BCUT2D eigenvalue weighted by Crippen LogP contribution is 2.38. The van der Waals surface area contributed by atoms with Crippen LogP contribution in [0.4, 0.5) is 0 Å². The third-order valence-corrected chi connectivity index (χ3v) is 4.37. The molecule has 132 valence electrons. The lowest BCUT2D eigenvalue weighted by Crippen LogP contribution is -2.15. The molecule has 1 heterocycles. The van der Waals surface area contributed by atoms with Gasteiger partial charge in [-0.3, -0.25) is 0 Å². The van der Waals surface area contributed by atoms with E-state index in [0.717, 1.165) is 39.5 Å². The quantitative estimate of drug-likeness (QED) is 0.753. The van der Waals surface area contributed by atoms with Crippen LogP contribution < -0.4 is 19.9 Å². The fourth-order valence-electron chi connectivity index (χ4n) is 3.00. The van der Waals surface area contributed by atoms with Gasteiger partial charge in [-0.2, -0.15) is 0 Å². The Morgan fingerprint density at radius 3 is 2.42 bits per heavy atom. The summed E-state index contributed by atoms with van der Waals surface area (Å²) in [5, 5.41) is 0. The lowest BCUT2D eigenvalue weighted by molar-refractivity contribution is 0.171. The maximum Gasteiger partial charge on any atom is 0.161 e. The number of benzene rings is 3. The Kier molecular flexibility index (Phi) is 4.75. The molecule has 3 aromatic rings. The molecule has 0 saturated heterocycles. The molecule has 0 radical (unpaired) electrons. The molecule has 0 aliphatic carbocycles. The second-order valence-electron chi connectivity index (χ2n) is 6.17. The van der Waals surface area contributed by atoms with Gasteiger partial charge in [0.1, 0.15) is 25.6 Å². The van der Waals surface area contributed by atoms with Crippen molar-refractivity contribution in [2.45, 2.75) is 13.2 Å². The zero-order valence-corrected chi connectivity index (χ0v) is 14.5. The minimum Gasteiger partial charge on any atom is -0.488 e. The molecule has 4 heteroatoms. The predicted molar refractivity (Wildman–Crippen MR) is 102 cm³/mol. The second kappa shape index (κ2) is 7.50. The Labute approximate surface area is 153 Å². The molecular weight excluding hydrogens is 326 g/mol. The van der Waals surface area contributed by atoms with Crippen LogP contribution in [0.15, 0.2) is 66.7 Å². The minimum atomic E-state index is 0.483. The van der Waals surface area contributed by atoms with Gasteiger partial charge in [-0.05, 0) is 41.0 Å². The van der Waals surface area contributed by atoms with E-state index in [9.17, 15) is 0 Å². The van der Waals surface area contributed by atoms with Crippen LogP contribution in [-0.4, -0.2) is 13.2 Å². The highest BCUT2D eigenvalue weighted by Gasteiger charge is 2.15. The van der Waals surface area contributed by atoms with Crippen molar-refractivity contribution in [3.63, 3.8) is 0 Å². The summed E-state index contributed by atoms with van der Waals surface area (Å²) in [5.74, 6) is 2.37. The Bertz CT molecular complexity index is 893. The van der Waals surface area contributed by atoms with E-state index in [4.69, 9.17) is 19.9 Å². The molecule has 0 atom stereocenters. The van der Waals surface area contributed by atoms with Crippen LogP contribution in [0.5, 0.6) is 17.2 Å². The van der Waals surface area contributed by atoms with Crippen molar-refractivity contribution in [1.29, 1.82) is 0 Å². The van der Waals surface area contributed by atoms with Crippen molar-refractivity contribution in [2.75, 3.05) is 13.2 Å². The van der Waals surface area contributed by atoms with Gasteiger partial charge in [0.15, 0.2) is 11.5 Å². The molecule has 2 N–H and O–H groups in total. The number of hydrogen-bond acceptors (Lipinski definition) is 4. The predicted octanol–water partition coefficient (Wildman–Crippen LogP) is 4.16. The van der Waals surface area contributed by atoms with Gasteiger partial charge in [0.05, 0.1) is 0 Å². The van der Waals surface area contributed by atoms with Gasteiger partial charge >= 0.3 is 0 Å². The number of fused-ring (bicyclic) bond motifs is 1. The van der Waals surface area contributed by atoms with Crippen LogP contribution >= 0.6 is 0 Å². The fourth-order valence-corrected chi connectivity index (χ4v) is 3.00. The van der Waals surface area contributed by atoms with E-state index in [-0.39, 0.29) is 0 Å². The first-order chi connectivity index (χ1) is 12.8. The first-order valence-corrected chi connectivity index (χ1v) is 8.73. The zero-order chi connectivity index (χ0) is 17.8. The maximum atomic E-state index is 6.11. The standard InChI is InChI=1S/C22H21NO3/c23-14-17-6-8-20(26-15-16-4-2-1-3-5-16)19(12-17)18-7-9-21-22(13-18)25-11-10-24-21/h1-9,12-13H,10-11,14-15,23H2. The summed E-state index contributed by atoms with van der Waals surface area (Å²) < 4.78 is 17.4. The van der Waals surface area contributed by atoms with E-state index in [1.54, 1.807) is 0 Å². The van der Waals surface area contributed by atoms with Gasteiger partial charge in [0.25, 0.3) is 0 Å². The summed E-state index contributed by atoms with van der Waals surface area (Å²) in [5.41, 5.74) is 10.0. The first kappa shape index (κ1) is 16.5. The van der Waals surface area contributed by atoms with E-state index in [1.165, 1.54) is 0 Å². The molecule has 0 aromatic heterocycles. The van der Waals surface area contributed by atoms with Crippen molar-refractivity contribution in [3.8, 4) is 28.4 Å². The maximum absolute atomic E-state index is 6.11. The first-order valence-electron chi connectivity index (χ1n) is 8.73. The smallest absolute Gasteiger partial charge is 0.161 e. The van der Waals surface area contributed by atoms with Gasteiger partial charge in [0.2, 0.25) is 0 Å². The molecule has 4 rings (SSSR count). The summed E-state index contributed by atoms with van der Waals surface area (Å²) in [6, 6.07) is 22.2. The molecule has 0 bridgehead atoms. The molecule has 0 spiro atoms. The topological polar surface area (TPSA) is 53.7 Å². The summed E-state index contributed by atoms with van der Waals surface area (Å²) in [6.45, 7) is 2.15. The van der Waals surface area contributed by atoms with E-state index in [2.05, 4.69) is 18.2 Å². The molecule has 1 aliphatic rings. The van der Waals surface area contributed by atoms with Crippen LogP contribution in [0, 0.1) is 0 Å². The highest BCUT2D eigenvalue weighted by molar-refractivity contribution is 5.73. The van der Waals surface area contributed by atoms with Crippen LogP contribution in [-0.2, 0) is 13.2 Å². The van der Waals surface area contributed by atoms with Gasteiger partial charge in [0, 0.05) is 12.1 Å². The van der Waals surface area contributed by atoms with Gasteiger partial charge in [-0.15, -0.1) is 0 Å². The number of ether oxygens (including phenoxy) is 3. The van der Waals surface area contributed by atoms with E-state index >= 15 is 0 Å². The average molecular weight is 347 g/mol. The molecule has 0 saturated carbocycles. The second-order valence-corrected chi connectivity index (χ2v) is 6.17. The van der Waals surface area contributed by atoms with Gasteiger partial charge < -0.3 is 19.9 Å². The van der Waals surface area contributed by atoms with E-state index in [0.29, 0.717) is 26.4 Å². The number of rotatable bonds is 5. The van der Waals surface area contributed by atoms with Crippen molar-refractivity contribution >= 4 is 0 Å². The molecule has 4 nitrogen and oxygen atoms in total. The van der Waals surface area contributed by atoms with Gasteiger partial charge in [-0.25, -0.2) is 0 Å². The normalized spacial score (nSPS) is 12.7. The third-order valence-electron chi connectivity index (χ3n) is 4.37. The minimum absolute atomic E-state index is 0.483. The third kappa shape index (κ3) is 3.51. The molecule has 0 unspecified atom stereocenters. The lowest BCUT2D eigenvalue weighted by Gasteiger charge is -2.20. The molecule has 26 heavy (non-hydrogen) atoms. The summed E-state index contributed by atoms with van der Waals surface area (Å²) in [6.07, 6.45) is 0. The average Bonchev–Trinajstić information content (AvgIpc) is 2.72. The summed E-state index contributed by atoms with van der Waals surface area (Å²) in [4.78, 5) is 0. The molecule has 0 amide bonds. The van der Waals surface area contributed by atoms with E-state index in [1.807, 2.05) is 48.5 Å². The SMILES string of the molecule is NCc1ccc(OCc2ccccc2)c(-c2ccc3c(c2)OCCO3)c1. The molecule has 1 aliphatic heterocycles. The summed E-state index contributed by atoms with van der Waals surface area (Å²) in [7, 11) is 0. The van der Waals surface area contributed by atoms with Crippen LogP contribution in [0.2, 0.25) is 0 Å². The van der Waals surface area contributed by atoms with Crippen molar-refractivity contribution in [3.05, 3.63) is 77.9 Å². The monoisotopic (exact) mass is 347 g/mol. The Balaban J connectivity index is 1.67. The molecular formula is C22H21NO3. The van der Waals surface area contributed by atoms with E-state index < -0.39 is 0 Å². The van der Waals surface area contributed by atoms with Crippen LogP contribution in [0.25, 0.3) is 11.1 Å². The summed E-state index contributed by atoms with van der Waals surface area (Å²) >= 11 is 0. The molecule has 0 fully saturated rings.